The highest BCUT2D eigenvalue weighted by Gasteiger charge is 2.20. The van der Waals surface area contributed by atoms with Crippen LogP contribution >= 0.6 is 0 Å². The van der Waals surface area contributed by atoms with Crippen LogP contribution in [0.5, 0.6) is 5.75 Å². The molecule has 4 N–H and O–H groups in total. The molecule has 0 atom stereocenters. The highest BCUT2D eigenvalue weighted by molar-refractivity contribution is 5.95. The first-order valence-corrected chi connectivity index (χ1v) is 14.4. The number of aromatic nitrogens is 3. The molecule has 0 bridgehead atoms. The molecule has 1 aliphatic heterocycles. The van der Waals surface area contributed by atoms with Gasteiger partial charge in [-0.15, -0.1) is 5.10 Å². The van der Waals surface area contributed by atoms with Gasteiger partial charge in [-0.25, -0.2) is 8.91 Å². The number of hydrogen-bond donors (Lipinski definition) is 4. The monoisotopic (exact) mass is 593 g/mol. The number of phenolic OH excluding ortho intramolecular Hbond substituents is 1. The molecule has 11 heteroatoms. The number of pyridine rings is 1. The minimum Gasteiger partial charge on any atom is -0.506 e. The summed E-state index contributed by atoms with van der Waals surface area (Å²) >= 11 is 0. The third-order valence-electron chi connectivity index (χ3n) is 7.67. The molecule has 0 radical (unpaired) electrons. The number of piperidine rings is 1. The molecule has 0 aliphatic carbocycles. The molecule has 1 fully saturated rings. The molecule has 1 saturated heterocycles. The van der Waals surface area contributed by atoms with Gasteiger partial charge in [-0.1, -0.05) is 24.3 Å². The number of carbonyl (C=O) groups is 2. The maximum Gasteiger partial charge on any atom is 0.251 e. The predicted octanol–water partition coefficient (Wildman–Crippen LogP) is 4.99. The van der Waals surface area contributed by atoms with Gasteiger partial charge in [-0.05, 0) is 98.7 Å². The number of nitrogens with one attached hydrogen (secondary N) is 3. The molecule has 44 heavy (non-hydrogen) atoms. The second-order valence-corrected chi connectivity index (χ2v) is 11.0. The summed E-state index contributed by atoms with van der Waals surface area (Å²) < 4.78 is 14.7. The van der Waals surface area contributed by atoms with Crippen LogP contribution in [0.15, 0.2) is 85.1 Å². The number of phenols is 1. The standard InChI is InChI=1S/C33H32FN7O3/c1-40-16-14-27(15-17-40)36-32(44)23-6-12-28(29(42)19-23)37-33-38-30-13-7-24(20-41(30)39-33)22-4-10-26(11-5-22)35-31(43)18-21-2-8-25(34)9-3-21/h2-13,19-20,27,42H,14-18H2,1H3,(H,35,43)(H,36,44)(H,37,39). The molecule has 6 rings (SSSR count). The molecule has 3 aromatic carbocycles. The molecule has 0 saturated carbocycles. The second kappa shape index (κ2) is 12.5. The molecule has 2 aromatic heterocycles. The second-order valence-electron chi connectivity index (χ2n) is 11.0. The highest BCUT2D eigenvalue weighted by atomic mass is 19.1. The van der Waals surface area contributed by atoms with E-state index in [0.29, 0.717) is 28.5 Å². The van der Waals surface area contributed by atoms with Gasteiger partial charge in [-0.2, -0.15) is 4.98 Å². The number of hydrogen-bond acceptors (Lipinski definition) is 7. The molecule has 0 unspecified atom stereocenters. The zero-order valence-corrected chi connectivity index (χ0v) is 24.1. The van der Waals surface area contributed by atoms with E-state index in [-0.39, 0.29) is 35.8 Å². The molecule has 10 nitrogen and oxygen atoms in total. The summed E-state index contributed by atoms with van der Waals surface area (Å²) in [6, 6.07) is 21.9. The van der Waals surface area contributed by atoms with Gasteiger partial charge in [0.25, 0.3) is 5.91 Å². The topological polar surface area (TPSA) is 124 Å². The Morgan fingerprint density at radius 2 is 1.68 bits per heavy atom. The van der Waals surface area contributed by atoms with Gasteiger partial charge in [0.2, 0.25) is 11.9 Å². The third-order valence-corrected chi connectivity index (χ3v) is 7.67. The average molecular weight is 594 g/mol. The van der Waals surface area contributed by atoms with E-state index in [4.69, 9.17) is 0 Å². The lowest BCUT2D eigenvalue weighted by molar-refractivity contribution is -0.115. The smallest absolute Gasteiger partial charge is 0.251 e. The first-order valence-electron chi connectivity index (χ1n) is 14.4. The van der Waals surface area contributed by atoms with Crippen molar-refractivity contribution in [2.45, 2.75) is 25.3 Å². The fourth-order valence-corrected chi connectivity index (χ4v) is 5.17. The maximum absolute atomic E-state index is 13.1. The number of fused-ring (bicyclic) bond motifs is 1. The van der Waals surface area contributed by atoms with Crippen LogP contribution < -0.4 is 16.0 Å². The van der Waals surface area contributed by atoms with E-state index in [1.165, 1.54) is 18.2 Å². The number of halogens is 1. The Balaban J connectivity index is 1.08. The Bertz CT molecular complexity index is 1800. The Kier molecular flexibility index (Phi) is 8.20. The number of nitrogens with zero attached hydrogens (tertiary/aromatic N) is 4. The lowest BCUT2D eigenvalue weighted by Gasteiger charge is -2.29. The van der Waals surface area contributed by atoms with Crippen molar-refractivity contribution in [2.75, 3.05) is 30.8 Å². The van der Waals surface area contributed by atoms with Crippen molar-refractivity contribution in [3.63, 3.8) is 0 Å². The fraction of sp³-hybridized carbons (Fsp3) is 0.212. The van der Waals surface area contributed by atoms with E-state index >= 15 is 0 Å². The largest absolute Gasteiger partial charge is 0.506 e. The number of aromatic hydroxyl groups is 1. The first kappa shape index (κ1) is 28.8. The van der Waals surface area contributed by atoms with Crippen LogP contribution in [0, 0.1) is 5.82 Å². The summed E-state index contributed by atoms with van der Waals surface area (Å²) in [5.41, 5.74) is 4.57. The Labute approximate surface area is 253 Å². The van der Waals surface area contributed by atoms with Crippen LogP contribution in [-0.4, -0.2) is 62.6 Å². The zero-order valence-electron chi connectivity index (χ0n) is 24.1. The summed E-state index contributed by atoms with van der Waals surface area (Å²) in [6.45, 7) is 1.89. The summed E-state index contributed by atoms with van der Waals surface area (Å²) in [5.74, 6) is -0.522. The Hall–Kier alpha value is -5.29. The minimum absolute atomic E-state index is 0.0783. The Morgan fingerprint density at radius 1 is 0.955 bits per heavy atom. The van der Waals surface area contributed by atoms with Gasteiger partial charge in [-0.3, -0.25) is 9.59 Å². The third kappa shape index (κ3) is 6.84. The number of amides is 2. The quantitative estimate of drug-likeness (QED) is 0.187. The first-order chi connectivity index (χ1) is 21.3. The zero-order chi connectivity index (χ0) is 30.6. The number of rotatable bonds is 8. The van der Waals surface area contributed by atoms with E-state index in [0.717, 1.165) is 42.6 Å². The van der Waals surface area contributed by atoms with Crippen molar-refractivity contribution in [1.82, 2.24) is 24.8 Å². The van der Waals surface area contributed by atoms with Gasteiger partial charge in [0.15, 0.2) is 5.65 Å². The van der Waals surface area contributed by atoms with E-state index in [1.54, 1.807) is 28.8 Å². The lowest BCUT2D eigenvalue weighted by atomic mass is 10.0. The summed E-state index contributed by atoms with van der Waals surface area (Å²) in [6.07, 6.45) is 3.79. The molecule has 1 aliphatic rings. The minimum atomic E-state index is -0.337. The van der Waals surface area contributed by atoms with E-state index in [1.807, 2.05) is 42.6 Å². The lowest BCUT2D eigenvalue weighted by Crippen LogP contribution is -2.43. The molecule has 3 heterocycles. The van der Waals surface area contributed by atoms with Crippen molar-refractivity contribution < 1.29 is 19.1 Å². The summed E-state index contributed by atoms with van der Waals surface area (Å²) in [5, 5.41) is 24.1. The van der Waals surface area contributed by atoms with Crippen molar-refractivity contribution >= 4 is 34.8 Å². The van der Waals surface area contributed by atoms with Gasteiger partial charge in [0.1, 0.15) is 11.6 Å². The SMILES string of the molecule is CN1CCC(NC(=O)c2ccc(Nc3nc4ccc(-c5ccc(NC(=O)Cc6ccc(F)cc6)cc5)cn4n3)c(O)c2)CC1. The van der Waals surface area contributed by atoms with Gasteiger partial charge in [0.05, 0.1) is 12.1 Å². The van der Waals surface area contributed by atoms with Crippen LogP contribution in [0.25, 0.3) is 16.8 Å². The average Bonchev–Trinajstić information content (AvgIpc) is 3.42. The molecule has 224 valence electrons. The van der Waals surface area contributed by atoms with Gasteiger partial charge < -0.3 is 26.0 Å². The van der Waals surface area contributed by atoms with Crippen LogP contribution in [0.2, 0.25) is 0 Å². The predicted molar refractivity (Wildman–Crippen MR) is 167 cm³/mol. The van der Waals surface area contributed by atoms with Crippen molar-refractivity contribution in [3.05, 3.63) is 102 Å². The van der Waals surface area contributed by atoms with Crippen molar-refractivity contribution in [3.8, 4) is 16.9 Å². The summed E-state index contributed by atoms with van der Waals surface area (Å²) in [7, 11) is 2.07. The molecular formula is C33H32FN7O3. The number of carbonyl (C=O) groups excluding carboxylic acids is 2. The molecule has 2 amide bonds. The Morgan fingerprint density at radius 3 is 2.41 bits per heavy atom. The van der Waals surface area contributed by atoms with Crippen molar-refractivity contribution in [2.24, 2.45) is 0 Å². The highest BCUT2D eigenvalue weighted by Crippen LogP contribution is 2.28. The number of likely N-dealkylation sites (tertiary alicyclic amines) is 1. The molecule has 5 aromatic rings. The van der Waals surface area contributed by atoms with Crippen LogP contribution in [0.1, 0.15) is 28.8 Å². The van der Waals surface area contributed by atoms with E-state index in [2.05, 4.69) is 38.0 Å². The van der Waals surface area contributed by atoms with Crippen LogP contribution in [0.3, 0.4) is 0 Å². The fourth-order valence-electron chi connectivity index (χ4n) is 5.17. The van der Waals surface area contributed by atoms with Crippen LogP contribution in [-0.2, 0) is 11.2 Å². The van der Waals surface area contributed by atoms with E-state index < -0.39 is 0 Å². The van der Waals surface area contributed by atoms with Gasteiger partial charge in [0, 0.05) is 29.1 Å². The van der Waals surface area contributed by atoms with Gasteiger partial charge >= 0.3 is 0 Å². The van der Waals surface area contributed by atoms with Crippen LogP contribution in [0.4, 0.5) is 21.7 Å². The summed E-state index contributed by atoms with van der Waals surface area (Å²) in [4.78, 5) is 31.8. The maximum atomic E-state index is 13.1. The van der Waals surface area contributed by atoms with E-state index in [9.17, 15) is 19.1 Å². The molecule has 0 spiro atoms. The normalized spacial score (nSPS) is 14.0. The number of benzene rings is 3. The number of anilines is 3. The van der Waals surface area contributed by atoms with Crippen molar-refractivity contribution in [1.29, 1.82) is 0 Å². The molecular weight excluding hydrogens is 561 g/mol.